The van der Waals surface area contributed by atoms with Crippen molar-refractivity contribution in [2.45, 2.75) is 72.0 Å². The van der Waals surface area contributed by atoms with Gasteiger partial charge in [-0.2, -0.15) is 0 Å². The van der Waals surface area contributed by atoms with Crippen molar-refractivity contribution in [1.29, 1.82) is 0 Å². The molecule has 0 N–H and O–H groups in total. The maximum atomic E-state index is 14.5. The summed E-state index contributed by atoms with van der Waals surface area (Å²) in [7, 11) is -0.515. The largest absolute Gasteiger partial charge is 0.495 e. The van der Waals surface area contributed by atoms with Crippen LogP contribution in [0.25, 0.3) is 0 Å². The molecule has 0 aliphatic carbocycles. The Hall–Kier alpha value is -0.865. The van der Waals surface area contributed by atoms with Gasteiger partial charge in [-0.15, -0.1) is 0 Å². The highest BCUT2D eigenvalue weighted by Crippen LogP contribution is 2.37. The molecular formula is C17H26BFO2. The number of hydrogen-bond donors (Lipinski definition) is 0. The summed E-state index contributed by atoms with van der Waals surface area (Å²) < 4.78 is 26.5. The van der Waals surface area contributed by atoms with Gasteiger partial charge in [-0.3, -0.25) is 0 Å². The van der Waals surface area contributed by atoms with Crippen LogP contribution in [-0.2, 0) is 14.7 Å². The lowest BCUT2D eigenvalue weighted by Gasteiger charge is -2.32. The first kappa shape index (κ1) is 16.5. The Bertz CT molecular complexity index is 543. The van der Waals surface area contributed by atoms with Crippen LogP contribution in [-0.4, -0.2) is 18.3 Å². The van der Waals surface area contributed by atoms with Crippen molar-refractivity contribution < 1.29 is 13.7 Å². The molecule has 0 aromatic heterocycles. The Balaban J connectivity index is 2.42. The summed E-state index contributed by atoms with van der Waals surface area (Å²) in [5, 5.41) is 0. The highest BCUT2D eigenvalue weighted by atomic mass is 19.1. The van der Waals surface area contributed by atoms with Gasteiger partial charge in [-0.05, 0) is 57.1 Å². The third kappa shape index (κ3) is 2.88. The highest BCUT2D eigenvalue weighted by molar-refractivity contribution is 6.62. The smallest absolute Gasteiger partial charge is 0.399 e. The van der Waals surface area contributed by atoms with Gasteiger partial charge in [0.25, 0.3) is 0 Å². The summed E-state index contributed by atoms with van der Waals surface area (Å²) in [5.74, 6) is -0.196. The van der Waals surface area contributed by atoms with E-state index in [2.05, 4.69) is 0 Å². The van der Waals surface area contributed by atoms with Gasteiger partial charge >= 0.3 is 7.12 Å². The first-order valence-corrected chi connectivity index (χ1v) is 7.51. The zero-order valence-electron chi connectivity index (χ0n) is 14.4. The van der Waals surface area contributed by atoms with Crippen molar-refractivity contribution >= 4 is 12.6 Å². The minimum Gasteiger partial charge on any atom is -0.399 e. The van der Waals surface area contributed by atoms with Crippen molar-refractivity contribution in [2.24, 2.45) is 0 Å². The van der Waals surface area contributed by atoms with Crippen LogP contribution in [0, 0.1) is 12.7 Å². The SMILES string of the molecule is Cc1cc(C(C)(C)C)c(F)cc1B1OC(C)(C)C(C)(C)O1. The quantitative estimate of drug-likeness (QED) is 0.734. The van der Waals surface area contributed by atoms with Crippen LogP contribution in [0.3, 0.4) is 0 Å². The highest BCUT2D eigenvalue weighted by Gasteiger charge is 2.52. The summed E-state index contributed by atoms with van der Waals surface area (Å²) in [5.41, 5.74) is 1.45. The molecule has 0 unspecified atom stereocenters. The molecule has 1 aromatic carbocycles. The second-order valence-electron chi connectivity index (χ2n) is 8.03. The van der Waals surface area contributed by atoms with Crippen LogP contribution in [0.1, 0.15) is 59.6 Å². The van der Waals surface area contributed by atoms with Crippen molar-refractivity contribution in [3.63, 3.8) is 0 Å². The third-order valence-electron chi connectivity index (χ3n) is 4.67. The summed E-state index contributed by atoms with van der Waals surface area (Å²) >= 11 is 0. The van der Waals surface area contributed by atoms with Gasteiger partial charge in [0.05, 0.1) is 11.2 Å². The van der Waals surface area contributed by atoms with E-state index < -0.39 is 18.3 Å². The molecule has 0 atom stereocenters. The minimum atomic E-state index is -0.515. The van der Waals surface area contributed by atoms with E-state index >= 15 is 0 Å². The Morgan fingerprint density at radius 1 is 1.00 bits per heavy atom. The van der Waals surface area contributed by atoms with Gasteiger partial charge in [0.15, 0.2) is 0 Å². The second kappa shape index (κ2) is 4.82. The fourth-order valence-electron chi connectivity index (χ4n) is 2.50. The van der Waals surface area contributed by atoms with Gasteiger partial charge in [0, 0.05) is 0 Å². The van der Waals surface area contributed by atoms with E-state index in [4.69, 9.17) is 9.31 Å². The van der Waals surface area contributed by atoms with E-state index in [0.717, 1.165) is 16.6 Å². The number of aryl methyl sites for hydroxylation is 1. The first-order chi connectivity index (χ1) is 9.35. The molecule has 0 amide bonds. The van der Waals surface area contributed by atoms with Crippen LogP contribution in [0.2, 0.25) is 0 Å². The number of hydrogen-bond acceptors (Lipinski definition) is 2. The summed E-state index contributed by atoms with van der Waals surface area (Å²) in [4.78, 5) is 0. The fraction of sp³-hybridized carbons (Fsp3) is 0.647. The number of rotatable bonds is 1. The fourth-order valence-corrected chi connectivity index (χ4v) is 2.50. The number of halogens is 1. The maximum absolute atomic E-state index is 14.5. The normalized spacial score (nSPS) is 20.9. The lowest BCUT2D eigenvalue weighted by Crippen LogP contribution is -2.41. The lowest BCUT2D eigenvalue weighted by atomic mass is 9.73. The van der Waals surface area contributed by atoms with Crippen LogP contribution < -0.4 is 5.46 Å². The molecule has 0 saturated carbocycles. The van der Waals surface area contributed by atoms with E-state index in [9.17, 15) is 4.39 Å². The monoisotopic (exact) mass is 292 g/mol. The van der Waals surface area contributed by atoms with Crippen LogP contribution in [0.5, 0.6) is 0 Å². The molecule has 1 aliphatic rings. The van der Waals surface area contributed by atoms with E-state index in [0.29, 0.717) is 0 Å². The molecule has 1 aliphatic heterocycles. The van der Waals surface area contributed by atoms with Crippen molar-refractivity contribution in [3.8, 4) is 0 Å². The molecular weight excluding hydrogens is 266 g/mol. The van der Waals surface area contributed by atoms with Gasteiger partial charge in [-0.25, -0.2) is 4.39 Å². The molecule has 21 heavy (non-hydrogen) atoms. The molecule has 0 radical (unpaired) electrons. The van der Waals surface area contributed by atoms with Gasteiger partial charge < -0.3 is 9.31 Å². The zero-order valence-corrected chi connectivity index (χ0v) is 14.4. The molecule has 0 spiro atoms. The summed E-state index contributed by atoms with van der Waals surface area (Å²) in [6.07, 6.45) is 0. The zero-order chi connectivity index (χ0) is 16.2. The molecule has 4 heteroatoms. The second-order valence-corrected chi connectivity index (χ2v) is 8.03. The topological polar surface area (TPSA) is 18.5 Å². The Labute approximate surface area is 128 Å². The molecule has 1 aromatic rings. The van der Waals surface area contributed by atoms with Gasteiger partial charge in [0.1, 0.15) is 5.82 Å². The molecule has 116 valence electrons. The average molecular weight is 292 g/mol. The molecule has 1 heterocycles. The average Bonchev–Trinajstić information content (AvgIpc) is 2.49. The summed E-state index contributed by atoms with van der Waals surface area (Å²) in [6.45, 7) is 16.0. The number of benzene rings is 1. The first-order valence-electron chi connectivity index (χ1n) is 7.51. The molecule has 0 bridgehead atoms. The van der Waals surface area contributed by atoms with Crippen molar-refractivity contribution in [3.05, 3.63) is 29.1 Å². The minimum absolute atomic E-state index is 0.196. The van der Waals surface area contributed by atoms with E-state index in [1.807, 2.05) is 61.5 Å². The van der Waals surface area contributed by atoms with E-state index in [-0.39, 0.29) is 11.2 Å². The molecule has 1 fully saturated rings. The molecule has 1 saturated heterocycles. The Morgan fingerprint density at radius 2 is 1.48 bits per heavy atom. The third-order valence-corrected chi connectivity index (χ3v) is 4.67. The predicted octanol–water partition coefficient (Wildman–Crippen LogP) is 3.73. The van der Waals surface area contributed by atoms with Gasteiger partial charge in [0.2, 0.25) is 0 Å². The van der Waals surface area contributed by atoms with Crippen LogP contribution in [0.15, 0.2) is 12.1 Å². The lowest BCUT2D eigenvalue weighted by molar-refractivity contribution is 0.00578. The van der Waals surface area contributed by atoms with E-state index in [1.54, 1.807) is 6.07 Å². The van der Waals surface area contributed by atoms with Crippen LogP contribution in [0.4, 0.5) is 4.39 Å². The van der Waals surface area contributed by atoms with Crippen LogP contribution >= 0.6 is 0 Å². The van der Waals surface area contributed by atoms with Crippen molar-refractivity contribution in [1.82, 2.24) is 0 Å². The van der Waals surface area contributed by atoms with Crippen molar-refractivity contribution in [2.75, 3.05) is 0 Å². The Morgan fingerprint density at radius 3 is 1.90 bits per heavy atom. The summed E-state index contributed by atoms with van der Waals surface area (Å²) in [6, 6.07) is 3.48. The standard InChI is InChI=1S/C17H26BFO2/c1-11-9-12(15(2,3)4)14(19)10-13(11)18-20-16(5,6)17(7,8)21-18/h9-10H,1-8H3. The molecule has 2 nitrogen and oxygen atoms in total. The maximum Gasteiger partial charge on any atom is 0.495 e. The Kier molecular flexibility index (Phi) is 3.79. The van der Waals surface area contributed by atoms with E-state index in [1.165, 1.54) is 0 Å². The molecule has 2 rings (SSSR count). The van der Waals surface area contributed by atoms with Gasteiger partial charge in [-0.1, -0.05) is 32.4 Å². The predicted molar refractivity (Wildman–Crippen MR) is 85.6 cm³/mol.